The minimum absolute atomic E-state index is 0.297. The highest BCUT2D eigenvalue weighted by molar-refractivity contribution is 5.76. The lowest BCUT2D eigenvalue weighted by atomic mass is 9.89. The van der Waals surface area contributed by atoms with Crippen LogP contribution in [0.2, 0.25) is 0 Å². The van der Waals surface area contributed by atoms with Gasteiger partial charge in [-0.05, 0) is 49.1 Å². The summed E-state index contributed by atoms with van der Waals surface area (Å²) >= 11 is 0. The second-order valence-electron chi connectivity index (χ2n) is 7.10. The maximum Gasteiger partial charge on any atom is 0.222 e. The fourth-order valence-electron chi connectivity index (χ4n) is 3.99. The number of benzene rings is 1. The molecule has 1 aromatic carbocycles. The first-order valence-corrected chi connectivity index (χ1v) is 8.72. The summed E-state index contributed by atoms with van der Waals surface area (Å²) in [5.74, 6) is 0.877. The Labute approximate surface area is 134 Å². The first kappa shape index (κ1) is 15.5. The SMILES string of the molecule is CCc1ccc(CN(C)C(=O)CC2CC3CCC(C2)N3)cc1. The van der Waals surface area contributed by atoms with Gasteiger partial charge in [0, 0.05) is 32.1 Å². The summed E-state index contributed by atoms with van der Waals surface area (Å²) in [7, 11) is 1.94. The molecule has 2 heterocycles. The van der Waals surface area contributed by atoms with Gasteiger partial charge in [-0.3, -0.25) is 4.79 Å². The molecule has 0 aliphatic carbocycles. The van der Waals surface area contributed by atoms with Gasteiger partial charge < -0.3 is 10.2 Å². The minimum Gasteiger partial charge on any atom is -0.341 e. The van der Waals surface area contributed by atoms with Gasteiger partial charge in [0.25, 0.3) is 0 Å². The first-order valence-electron chi connectivity index (χ1n) is 8.72. The molecule has 2 atom stereocenters. The first-order chi connectivity index (χ1) is 10.6. The van der Waals surface area contributed by atoms with Crippen LogP contribution in [-0.4, -0.2) is 29.9 Å². The van der Waals surface area contributed by atoms with E-state index < -0.39 is 0 Å². The molecule has 0 spiro atoms. The smallest absolute Gasteiger partial charge is 0.222 e. The van der Waals surface area contributed by atoms with E-state index in [1.165, 1.54) is 36.8 Å². The van der Waals surface area contributed by atoms with Gasteiger partial charge >= 0.3 is 0 Å². The fraction of sp³-hybridized carbons (Fsp3) is 0.632. The number of nitrogens with zero attached hydrogens (tertiary/aromatic N) is 1. The van der Waals surface area contributed by atoms with Crippen molar-refractivity contribution in [2.45, 2.75) is 64.1 Å². The average Bonchev–Trinajstić information content (AvgIpc) is 2.86. The van der Waals surface area contributed by atoms with Crippen LogP contribution in [0.1, 0.15) is 50.2 Å². The van der Waals surface area contributed by atoms with Crippen LogP contribution >= 0.6 is 0 Å². The molecule has 2 aliphatic heterocycles. The molecule has 1 N–H and O–H groups in total. The van der Waals surface area contributed by atoms with E-state index in [4.69, 9.17) is 0 Å². The normalized spacial score (nSPS) is 26.9. The van der Waals surface area contributed by atoms with Crippen molar-refractivity contribution in [1.29, 1.82) is 0 Å². The van der Waals surface area contributed by atoms with E-state index in [1.54, 1.807) is 0 Å². The fourth-order valence-corrected chi connectivity index (χ4v) is 3.99. The number of nitrogens with one attached hydrogen (secondary N) is 1. The van der Waals surface area contributed by atoms with E-state index in [2.05, 4.69) is 36.5 Å². The molecule has 2 saturated heterocycles. The molecule has 0 aromatic heterocycles. The van der Waals surface area contributed by atoms with Crippen molar-refractivity contribution in [2.24, 2.45) is 5.92 Å². The number of rotatable bonds is 5. The van der Waals surface area contributed by atoms with Crippen LogP contribution < -0.4 is 5.32 Å². The van der Waals surface area contributed by atoms with Gasteiger partial charge in [-0.1, -0.05) is 31.2 Å². The molecule has 2 unspecified atom stereocenters. The molecular formula is C19H28N2O. The highest BCUT2D eigenvalue weighted by atomic mass is 16.2. The lowest BCUT2D eigenvalue weighted by Crippen LogP contribution is -2.39. The largest absolute Gasteiger partial charge is 0.341 e. The molecule has 3 rings (SSSR count). The number of fused-ring (bicyclic) bond motifs is 2. The lowest BCUT2D eigenvalue weighted by Gasteiger charge is -2.30. The second-order valence-corrected chi connectivity index (χ2v) is 7.10. The van der Waals surface area contributed by atoms with E-state index in [-0.39, 0.29) is 0 Å². The zero-order chi connectivity index (χ0) is 15.5. The summed E-state index contributed by atoms with van der Waals surface area (Å²) < 4.78 is 0. The summed E-state index contributed by atoms with van der Waals surface area (Å²) in [4.78, 5) is 14.4. The van der Waals surface area contributed by atoms with Crippen molar-refractivity contribution >= 4 is 5.91 Å². The Morgan fingerprint density at radius 1 is 1.14 bits per heavy atom. The molecule has 2 bridgehead atoms. The summed E-state index contributed by atoms with van der Waals surface area (Å²) in [5, 5.41) is 3.65. The third-order valence-electron chi connectivity index (χ3n) is 5.31. The topological polar surface area (TPSA) is 32.3 Å². The Morgan fingerprint density at radius 2 is 1.73 bits per heavy atom. The third kappa shape index (κ3) is 3.70. The summed E-state index contributed by atoms with van der Waals surface area (Å²) in [6, 6.07) is 9.96. The highest BCUT2D eigenvalue weighted by Crippen LogP contribution is 2.32. The van der Waals surface area contributed by atoms with E-state index in [1.807, 2.05) is 11.9 Å². The van der Waals surface area contributed by atoms with Gasteiger partial charge in [0.2, 0.25) is 5.91 Å². The van der Waals surface area contributed by atoms with Crippen molar-refractivity contribution in [1.82, 2.24) is 10.2 Å². The standard InChI is InChI=1S/C19H28N2O/c1-3-14-4-6-15(7-5-14)13-21(2)19(22)12-16-10-17-8-9-18(11-16)20-17/h4-7,16-18,20H,3,8-13H2,1-2H3. The Hall–Kier alpha value is -1.35. The number of carbonyl (C=O) groups is 1. The molecule has 22 heavy (non-hydrogen) atoms. The summed E-state index contributed by atoms with van der Waals surface area (Å²) in [5.41, 5.74) is 2.57. The van der Waals surface area contributed by atoms with Crippen LogP contribution in [0.5, 0.6) is 0 Å². The van der Waals surface area contributed by atoms with E-state index in [0.29, 0.717) is 23.9 Å². The zero-order valence-corrected chi connectivity index (χ0v) is 13.8. The molecule has 3 nitrogen and oxygen atoms in total. The maximum absolute atomic E-state index is 12.5. The molecule has 2 aliphatic rings. The number of amides is 1. The predicted octanol–water partition coefficient (Wildman–Crippen LogP) is 3.13. The molecule has 3 heteroatoms. The molecule has 0 radical (unpaired) electrons. The Kier molecular flexibility index (Phi) is 4.82. The number of aryl methyl sites for hydroxylation is 1. The van der Waals surface area contributed by atoms with E-state index in [0.717, 1.165) is 19.4 Å². The van der Waals surface area contributed by atoms with Gasteiger partial charge in [0.05, 0.1) is 0 Å². The predicted molar refractivity (Wildman–Crippen MR) is 89.6 cm³/mol. The van der Waals surface area contributed by atoms with Gasteiger partial charge in [0.15, 0.2) is 0 Å². The van der Waals surface area contributed by atoms with Crippen LogP contribution in [-0.2, 0) is 17.8 Å². The van der Waals surface area contributed by atoms with Gasteiger partial charge in [-0.25, -0.2) is 0 Å². The molecular weight excluding hydrogens is 272 g/mol. The quantitative estimate of drug-likeness (QED) is 0.906. The second kappa shape index (κ2) is 6.82. The molecule has 120 valence electrons. The summed E-state index contributed by atoms with van der Waals surface area (Å²) in [6.45, 7) is 2.89. The van der Waals surface area contributed by atoms with Crippen molar-refractivity contribution in [3.8, 4) is 0 Å². The Balaban J connectivity index is 1.50. The van der Waals surface area contributed by atoms with Crippen molar-refractivity contribution < 1.29 is 4.79 Å². The maximum atomic E-state index is 12.5. The molecule has 1 aromatic rings. The van der Waals surface area contributed by atoms with Gasteiger partial charge in [0.1, 0.15) is 0 Å². The van der Waals surface area contributed by atoms with Crippen LogP contribution in [0.3, 0.4) is 0 Å². The van der Waals surface area contributed by atoms with Crippen LogP contribution in [0.25, 0.3) is 0 Å². The molecule has 2 fully saturated rings. The summed E-state index contributed by atoms with van der Waals surface area (Å²) in [6.07, 6.45) is 6.75. The van der Waals surface area contributed by atoms with Crippen molar-refractivity contribution in [2.75, 3.05) is 7.05 Å². The van der Waals surface area contributed by atoms with Crippen molar-refractivity contribution in [3.63, 3.8) is 0 Å². The number of hydrogen-bond acceptors (Lipinski definition) is 2. The Bertz CT molecular complexity index is 499. The zero-order valence-electron chi connectivity index (χ0n) is 13.8. The van der Waals surface area contributed by atoms with E-state index >= 15 is 0 Å². The number of hydrogen-bond donors (Lipinski definition) is 1. The van der Waals surface area contributed by atoms with Crippen LogP contribution in [0.15, 0.2) is 24.3 Å². The Morgan fingerprint density at radius 3 is 2.32 bits per heavy atom. The number of carbonyl (C=O) groups excluding carboxylic acids is 1. The van der Waals surface area contributed by atoms with Crippen LogP contribution in [0.4, 0.5) is 0 Å². The third-order valence-corrected chi connectivity index (χ3v) is 5.31. The molecule has 0 saturated carbocycles. The highest BCUT2D eigenvalue weighted by Gasteiger charge is 2.34. The number of piperidine rings is 1. The van der Waals surface area contributed by atoms with Gasteiger partial charge in [-0.15, -0.1) is 0 Å². The van der Waals surface area contributed by atoms with Gasteiger partial charge in [-0.2, -0.15) is 0 Å². The average molecular weight is 300 g/mol. The lowest BCUT2D eigenvalue weighted by molar-refractivity contribution is -0.131. The monoisotopic (exact) mass is 300 g/mol. The van der Waals surface area contributed by atoms with Crippen LogP contribution in [0, 0.1) is 5.92 Å². The minimum atomic E-state index is 0.297. The molecule has 1 amide bonds. The van der Waals surface area contributed by atoms with Crippen molar-refractivity contribution in [3.05, 3.63) is 35.4 Å². The van der Waals surface area contributed by atoms with E-state index in [9.17, 15) is 4.79 Å².